The van der Waals surface area contributed by atoms with Gasteiger partial charge in [-0.15, -0.1) is 73.6 Å². The Morgan fingerprint density at radius 1 is 0.213 bits per heavy atom. The second-order valence-electron chi connectivity index (χ2n) is 34.6. The minimum Gasteiger partial charge on any atom is -0.522 e. The first-order valence-corrected chi connectivity index (χ1v) is 44.6. The molecule has 6 aromatic carbocycles. The molecule has 0 aliphatic rings. The van der Waals surface area contributed by atoms with Crippen molar-refractivity contribution in [3.63, 3.8) is 0 Å². The Kier molecular flexibility index (Phi) is 28.8. The molecule has 42 heteroatoms. The average molecular weight is 3070 g/mol. The summed E-state index contributed by atoms with van der Waals surface area (Å²) in [5, 5.41) is 16.0. The second-order valence-corrected chi connectivity index (χ2v) is 34.6. The summed E-state index contributed by atoms with van der Waals surface area (Å²) in [4.78, 5) is 51.9. The van der Waals surface area contributed by atoms with Crippen LogP contribution in [0, 0.1) is 74.0 Å². The quantitative estimate of drug-likeness (QED) is 0.103. The van der Waals surface area contributed by atoms with Gasteiger partial charge in [-0.2, -0.15) is 0 Å². The van der Waals surface area contributed by atoms with Crippen LogP contribution in [0.2, 0.25) is 0 Å². The smallest absolute Gasteiger partial charge is 0.522 e. The summed E-state index contributed by atoms with van der Waals surface area (Å²) in [6.07, 6.45) is 70.6. The predicted molar refractivity (Wildman–Crippen MR) is 528 cm³/mol. The third kappa shape index (κ3) is 18.6. The van der Waals surface area contributed by atoms with Crippen LogP contribution >= 0.6 is 0 Å². The average Bonchev–Trinajstić information content (AvgIpc) is 1.63. The van der Waals surface area contributed by atoms with E-state index in [1.165, 1.54) is 0 Å². The van der Waals surface area contributed by atoms with Gasteiger partial charge in [0.15, 0.2) is 0 Å². The minimum absolute atomic E-state index is 0. The van der Waals surface area contributed by atoms with Crippen molar-refractivity contribution in [2.24, 2.45) is 84.6 Å². The van der Waals surface area contributed by atoms with Crippen molar-refractivity contribution in [2.45, 2.75) is 0 Å². The Hall–Kier alpha value is -15.6. The number of hydrogen-bond donors (Lipinski definition) is 0. The van der Waals surface area contributed by atoms with Gasteiger partial charge in [-0.05, 0) is 92.6 Å². The number of aryl methyl sites for hydroxylation is 12. The van der Waals surface area contributed by atoms with E-state index in [0.717, 1.165) is 215 Å². The number of benzene rings is 6. The molecule has 0 saturated heterocycles. The summed E-state index contributed by atoms with van der Waals surface area (Å²) in [5.74, 6) is 8.51. The number of rotatable bonds is 12. The van der Waals surface area contributed by atoms with Gasteiger partial charge < -0.3 is 138 Å². The molecule has 0 amide bonds. The van der Waals surface area contributed by atoms with Crippen molar-refractivity contribution in [1.82, 2.24) is 115 Å². The molecule has 0 radical (unpaired) electrons. The molecule has 0 bridgehead atoms. The molecule has 0 fully saturated rings. The van der Waals surface area contributed by atoms with Crippen LogP contribution in [0.4, 0.5) is 0 Å². The fourth-order valence-corrected chi connectivity index (χ4v) is 17.5. The molecule has 30 rings (SSSR count). The third-order valence-corrected chi connectivity index (χ3v) is 24.7. The first kappa shape index (κ1) is 103. The zero-order chi connectivity index (χ0) is 97.6. The van der Waals surface area contributed by atoms with Crippen LogP contribution < -0.4 is 0 Å². The largest absolute Gasteiger partial charge is 2.00 e. The SMILES string of the molecule is Cn1[c-]nc(-c2coc3cc4coc(-c5nccn5C)c4[c-]c23)c1.Cn1[c-]nc(-c2coc3cc4coc(-c5nccn5C)c4[c-]c23)c1.Cn1[c-]nc(-c2coc3cc4coc(-c5nccn5C)c4[c-]c23)c1.Cn1cnc(-c2coc3cc4coc(-c5n[c-]cn5C)c4[c-]c23)c1.Cn1cnc(-c2coc3cc4coc(-c5n[c-]cn5C)c4[c-]c23)c1.Cn1cnc(-c2coc3cc4coc(-c5n[c-]cn5C)c4[c-]c23)c1.[Pt+2].[Pt+2].[Pt+2].[Pt+2].[Pt+2].[Pt+2]. The van der Waals surface area contributed by atoms with Gasteiger partial charge in [0, 0.05) is 153 Å². The van der Waals surface area contributed by atoms with Crippen LogP contribution in [-0.4, -0.2) is 115 Å². The van der Waals surface area contributed by atoms with E-state index in [-0.39, 0.29) is 126 Å². The van der Waals surface area contributed by atoms with Crippen molar-refractivity contribution >= 4 is 130 Å². The van der Waals surface area contributed by atoms with E-state index in [4.69, 9.17) is 53.0 Å². The molecule has 0 aliphatic heterocycles. The Morgan fingerprint density at radius 3 is 0.600 bits per heavy atom. The first-order chi connectivity index (χ1) is 70.2. The molecular formula is C108H72N24O12Pt6. The molecule has 24 aromatic heterocycles. The van der Waals surface area contributed by atoms with Gasteiger partial charge in [-0.1, -0.05) is 170 Å². The van der Waals surface area contributed by atoms with Gasteiger partial charge in [0.1, 0.15) is 34.8 Å². The maximum absolute atomic E-state index is 5.75. The summed E-state index contributed by atoms with van der Waals surface area (Å²) in [6.45, 7) is 0. The number of nitrogens with zero attached hydrogens (tertiary/aromatic N) is 24. The van der Waals surface area contributed by atoms with Crippen LogP contribution in [-0.2, 0) is 211 Å². The molecule has 0 saturated carbocycles. The van der Waals surface area contributed by atoms with Crippen LogP contribution in [0.25, 0.3) is 268 Å². The van der Waals surface area contributed by atoms with Crippen molar-refractivity contribution in [3.05, 3.63) is 297 Å². The van der Waals surface area contributed by atoms with Gasteiger partial charge in [0.25, 0.3) is 0 Å². The fraction of sp³-hybridized carbons (Fsp3) is 0.111. The zero-order valence-electron chi connectivity index (χ0n) is 80.3. The van der Waals surface area contributed by atoms with Crippen molar-refractivity contribution in [1.29, 1.82) is 0 Å². The standard InChI is InChI=1S/6C18H12N4O2.6Pt/c6*1-21-7-15(20-10-21)14-9-23-16-5-11-8-24-17(12(11)6-13(14)16)18-19-3-4-22(18)2;;;;;;/h3*4-5,7-10H,1-2H3;3*3-5,7-9H,1-2H3;;;;;;/q6*-2;6*+2. The topological polar surface area (TPSA) is 372 Å². The van der Waals surface area contributed by atoms with Gasteiger partial charge >= 0.3 is 126 Å². The molecule has 0 spiro atoms. The molecule has 30 aromatic rings. The molecule has 36 nitrogen and oxygen atoms in total. The maximum atomic E-state index is 5.75. The van der Waals surface area contributed by atoms with Crippen LogP contribution in [0.15, 0.2) is 276 Å². The van der Waals surface area contributed by atoms with Crippen molar-refractivity contribution in [3.8, 4) is 137 Å². The Bertz CT molecular complexity index is 8630. The van der Waals surface area contributed by atoms with Crippen molar-refractivity contribution < 1.29 is 179 Å². The van der Waals surface area contributed by atoms with E-state index in [1.807, 2.05) is 218 Å². The van der Waals surface area contributed by atoms with E-state index in [9.17, 15) is 0 Å². The number of imidazole rings is 12. The molecule has 150 heavy (non-hydrogen) atoms. The first-order valence-electron chi connectivity index (χ1n) is 44.6. The Balaban J connectivity index is 0.000000112. The molecule has 0 unspecified atom stereocenters. The van der Waals surface area contributed by atoms with E-state index < -0.39 is 0 Å². The van der Waals surface area contributed by atoms with Gasteiger partial charge in [-0.25, -0.2) is 29.9 Å². The summed E-state index contributed by atoms with van der Waals surface area (Å²) >= 11 is 0. The summed E-state index contributed by atoms with van der Waals surface area (Å²) in [7, 11) is 23.0. The van der Waals surface area contributed by atoms with Gasteiger partial charge in [0.05, 0.1) is 126 Å². The molecule has 0 atom stereocenters. The molecule has 0 N–H and O–H groups in total. The number of furan rings is 12. The molecular weight excluding hydrogens is 3000 g/mol. The van der Waals surface area contributed by atoms with E-state index in [1.54, 1.807) is 145 Å². The monoisotopic (exact) mass is 3070 g/mol. The van der Waals surface area contributed by atoms with Crippen LogP contribution in [0.3, 0.4) is 0 Å². The van der Waals surface area contributed by atoms with Gasteiger partial charge in [0.2, 0.25) is 0 Å². The molecule has 756 valence electrons. The number of fused-ring (bicyclic) bond motifs is 12. The van der Waals surface area contributed by atoms with Crippen LogP contribution in [0.1, 0.15) is 0 Å². The minimum atomic E-state index is 0. The van der Waals surface area contributed by atoms with E-state index in [2.05, 4.69) is 134 Å². The second kappa shape index (κ2) is 41.9. The molecule has 0 aliphatic carbocycles. The van der Waals surface area contributed by atoms with E-state index in [0.29, 0.717) is 52.0 Å². The maximum Gasteiger partial charge on any atom is 2.00 e. The van der Waals surface area contributed by atoms with E-state index >= 15 is 0 Å². The summed E-state index contributed by atoms with van der Waals surface area (Å²) in [5.41, 5.74) is 14.8. The van der Waals surface area contributed by atoms with Gasteiger partial charge in [-0.3, -0.25) is 0 Å². The summed E-state index contributed by atoms with van der Waals surface area (Å²) in [6, 6.07) is 32.3. The van der Waals surface area contributed by atoms with Crippen LogP contribution in [0.5, 0.6) is 0 Å². The summed E-state index contributed by atoms with van der Waals surface area (Å²) < 4.78 is 91.0. The normalized spacial score (nSPS) is 11.3. The predicted octanol–water partition coefficient (Wildman–Crippen LogP) is 21.5. The number of aromatic nitrogens is 24. The Morgan fingerprint density at radius 2 is 0.427 bits per heavy atom. The van der Waals surface area contributed by atoms with Crippen molar-refractivity contribution in [2.75, 3.05) is 0 Å². The fourth-order valence-electron chi connectivity index (χ4n) is 17.5. The zero-order valence-corrected chi connectivity index (χ0v) is 93.9. The Labute approximate surface area is 935 Å². The molecule has 24 heterocycles. The third-order valence-electron chi connectivity index (χ3n) is 24.7. The number of hydrogen-bond acceptors (Lipinski definition) is 24.